The molecule has 0 aliphatic heterocycles. The molecular weight excluding hydrogens is 406 g/mol. The largest absolute Gasteiger partial charge is 0.495 e. The summed E-state index contributed by atoms with van der Waals surface area (Å²) >= 11 is 0. The molecule has 30 heavy (non-hydrogen) atoms. The number of carbonyl (C=O) groups excluding carboxylic acids is 1. The number of anilines is 2. The first kappa shape index (κ1) is 21.1. The van der Waals surface area contributed by atoms with Crippen molar-refractivity contribution >= 4 is 33.4 Å². The standard InChI is InChI=1S/C21H21N3O5S/c1-14-18(15(2)29-23-14)11-12-21(25)22-16-7-6-8-17(13-16)30(26,27)24-19-9-4-5-10-20(19)28-3/h4-13,24H,1-3H3,(H,22,25)/b12-11+. The second kappa shape index (κ2) is 8.83. The van der Waals surface area contributed by atoms with E-state index in [4.69, 9.17) is 9.26 Å². The molecule has 2 N–H and O–H groups in total. The van der Waals surface area contributed by atoms with Crippen LogP contribution in [0.4, 0.5) is 11.4 Å². The molecule has 0 aliphatic rings. The van der Waals surface area contributed by atoms with E-state index < -0.39 is 15.9 Å². The summed E-state index contributed by atoms with van der Waals surface area (Å²) in [6.45, 7) is 3.53. The van der Waals surface area contributed by atoms with Crippen LogP contribution < -0.4 is 14.8 Å². The second-order valence-corrected chi connectivity index (χ2v) is 8.08. The molecule has 3 rings (SSSR count). The average Bonchev–Trinajstić information content (AvgIpc) is 3.04. The Morgan fingerprint density at radius 2 is 1.90 bits per heavy atom. The van der Waals surface area contributed by atoms with Crippen molar-refractivity contribution in [3.8, 4) is 5.75 Å². The lowest BCUT2D eigenvalue weighted by molar-refractivity contribution is -0.111. The SMILES string of the molecule is COc1ccccc1NS(=O)(=O)c1cccc(NC(=O)/C=C/c2c(C)noc2C)c1. The van der Waals surface area contributed by atoms with Gasteiger partial charge in [0.2, 0.25) is 5.91 Å². The Bertz CT molecular complexity index is 1180. The molecule has 2 aromatic carbocycles. The van der Waals surface area contributed by atoms with Crippen molar-refractivity contribution in [2.45, 2.75) is 18.7 Å². The van der Waals surface area contributed by atoms with E-state index in [1.807, 2.05) is 0 Å². The van der Waals surface area contributed by atoms with Gasteiger partial charge in [-0.05, 0) is 50.3 Å². The summed E-state index contributed by atoms with van der Waals surface area (Å²) in [5.41, 5.74) is 2.05. The minimum atomic E-state index is -3.88. The van der Waals surface area contributed by atoms with Crippen LogP contribution in [0.15, 0.2) is 64.0 Å². The summed E-state index contributed by atoms with van der Waals surface area (Å²) in [5.74, 6) is 0.587. The fourth-order valence-corrected chi connectivity index (χ4v) is 3.86. The van der Waals surface area contributed by atoms with E-state index in [0.29, 0.717) is 28.6 Å². The molecule has 156 valence electrons. The van der Waals surface area contributed by atoms with E-state index in [1.165, 1.54) is 25.3 Å². The predicted octanol–water partition coefficient (Wildman–Crippen LogP) is 3.75. The number of nitrogens with one attached hydrogen (secondary N) is 2. The summed E-state index contributed by atoms with van der Waals surface area (Å²) in [4.78, 5) is 12.2. The van der Waals surface area contributed by atoms with Gasteiger partial charge < -0.3 is 14.6 Å². The Hall–Kier alpha value is -3.59. The number of amides is 1. The molecule has 0 spiro atoms. The highest BCUT2D eigenvalue weighted by Crippen LogP contribution is 2.26. The molecule has 0 bridgehead atoms. The summed E-state index contributed by atoms with van der Waals surface area (Å²) in [5, 5.41) is 6.47. The smallest absolute Gasteiger partial charge is 0.262 e. The molecule has 9 heteroatoms. The zero-order valence-corrected chi connectivity index (χ0v) is 17.5. The number of aryl methyl sites for hydroxylation is 2. The molecule has 8 nitrogen and oxygen atoms in total. The lowest BCUT2D eigenvalue weighted by Crippen LogP contribution is -2.14. The van der Waals surface area contributed by atoms with E-state index in [9.17, 15) is 13.2 Å². The predicted molar refractivity (Wildman–Crippen MR) is 114 cm³/mol. The third-order valence-corrected chi connectivity index (χ3v) is 5.62. The first-order valence-corrected chi connectivity index (χ1v) is 10.5. The molecule has 1 amide bonds. The van der Waals surface area contributed by atoms with Crippen molar-refractivity contribution < 1.29 is 22.5 Å². The molecule has 0 aliphatic carbocycles. The monoisotopic (exact) mass is 427 g/mol. The Balaban J connectivity index is 1.76. The van der Waals surface area contributed by atoms with Crippen molar-refractivity contribution in [1.29, 1.82) is 0 Å². The molecule has 0 unspecified atom stereocenters. The minimum absolute atomic E-state index is 0.000842. The number of aromatic nitrogens is 1. The Kier molecular flexibility index (Phi) is 6.22. The Morgan fingerprint density at radius 1 is 1.13 bits per heavy atom. The molecule has 0 saturated heterocycles. The Morgan fingerprint density at radius 3 is 2.60 bits per heavy atom. The number of hydrogen-bond acceptors (Lipinski definition) is 6. The number of benzene rings is 2. The van der Waals surface area contributed by atoms with E-state index in [0.717, 1.165) is 5.56 Å². The molecule has 0 fully saturated rings. The highest BCUT2D eigenvalue weighted by atomic mass is 32.2. The van der Waals surface area contributed by atoms with Gasteiger partial charge in [-0.1, -0.05) is 23.4 Å². The van der Waals surface area contributed by atoms with Gasteiger partial charge in [-0.2, -0.15) is 0 Å². The van der Waals surface area contributed by atoms with E-state index in [-0.39, 0.29) is 4.90 Å². The molecule has 0 atom stereocenters. The quantitative estimate of drug-likeness (QED) is 0.556. The van der Waals surface area contributed by atoms with E-state index in [1.54, 1.807) is 56.3 Å². The number of nitrogens with zero attached hydrogens (tertiary/aromatic N) is 1. The third-order valence-electron chi connectivity index (χ3n) is 4.25. The first-order chi connectivity index (χ1) is 14.3. The number of sulfonamides is 1. The van der Waals surface area contributed by atoms with Gasteiger partial charge in [0, 0.05) is 17.3 Å². The van der Waals surface area contributed by atoms with Gasteiger partial charge in [0.05, 0.1) is 23.4 Å². The van der Waals surface area contributed by atoms with E-state index in [2.05, 4.69) is 15.2 Å². The van der Waals surface area contributed by atoms with Crippen molar-refractivity contribution in [2.75, 3.05) is 17.1 Å². The van der Waals surface area contributed by atoms with Crippen LogP contribution in [0.2, 0.25) is 0 Å². The van der Waals surface area contributed by atoms with Crippen LogP contribution in [0.5, 0.6) is 5.75 Å². The van der Waals surface area contributed by atoms with E-state index >= 15 is 0 Å². The van der Waals surface area contributed by atoms with Crippen LogP contribution in [0, 0.1) is 13.8 Å². The van der Waals surface area contributed by atoms with Gasteiger partial charge in [0.15, 0.2) is 0 Å². The molecule has 1 heterocycles. The van der Waals surface area contributed by atoms with Crippen LogP contribution in [0.25, 0.3) is 6.08 Å². The van der Waals surface area contributed by atoms with Gasteiger partial charge in [-0.15, -0.1) is 0 Å². The summed E-state index contributed by atoms with van der Waals surface area (Å²) < 4.78 is 38.2. The van der Waals surface area contributed by atoms with Gasteiger partial charge in [-0.3, -0.25) is 9.52 Å². The van der Waals surface area contributed by atoms with Gasteiger partial charge in [-0.25, -0.2) is 8.42 Å². The van der Waals surface area contributed by atoms with Crippen molar-refractivity contribution in [3.63, 3.8) is 0 Å². The highest BCUT2D eigenvalue weighted by Gasteiger charge is 2.17. The fourth-order valence-electron chi connectivity index (χ4n) is 2.74. The fraction of sp³-hybridized carbons (Fsp3) is 0.143. The zero-order valence-electron chi connectivity index (χ0n) is 16.7. The Labute approximate surface area is 174 Å². The van der Waals surface area contributed by atoms with Crippen molar-refractivity contribution in [2.24, 2.45) is 0 Å². The second-order valence-electron chi connectivity index (χ2n) is 6.39. The maximum absolute atomic E-state index is 12.8. The van der Waals surface area contributed by atoms with Crippen molar-refractivity contribution in [3.05, 3.63) is 71.6 Å². The summed E-state index contributed by atoms with van der Waals surface area (Å²) in [6.07, 6.45) is 2.93. The zero-order chi connectivity index (χ0) is 21.7. The summed E-state index contributed by atoms with van der Waals surface area (Å²) in [7, 11) is -2.43. The molecule has 3 aromatic rings. The number of para-hydroxylation sites is 2. The van der Waals surface area contributed by atoms with Gasteiger partial charge >= 0.3 is 0 Å². The first-order valence-electron chi connectivity index (χ1n) is 8.98. The van der Waals surface area contributed by atoms with Crippen LogP contribution in [0.3, 0.4) is 0 Å². The number of ether oxygens (including phenoxy) is 1. The number of rotatable bonds is 7. The van der Waals surface area contributed by atoms with Crippen LogP contribution in [0.1, 0.15) is 17.0 Å². The summed E-state index contributed by atoms with van der Waals surface area (Å²) in [6, 6.07) is 12.6. The van der Waals surface area contributed by atoms with Crippen LogP contribution in [-0.4, -0.2) is 26.6 Å². The average molecular weight is 427 g/mol. The lowest BCUT2D eigenvalue weighted by atomic mass is 10.2. The third kappa shape index (κ3) is 4.87. The van der Waals surface area contributed by atoms with Gasteiger partial charge in [0.25, 0.3) is 10.0 Å². The number of carbonyl (C=O) groups is 1. The molecular formula is C21H21N3O5S. The number of methoxy groups -OCH3 is 1. The number of hydrogen-bond donors (Lipinski definition) is 2. The normalized spacial score (nSPS) is 11.4. The minimum Gasteiger partial charge on any atom is -0.495 e. The van der Waals surface area contributed by atoms with Gasteiger partial charge in [0.1, 0.15) is 11.5 Å². The lowest BCUT2D eigenvalue weighted by Gasteiger charge is -2.12. The highest BCUT2D eigenvalue weighted by molar-refractivity contribution is 7.92. The molecule has 0 radical (unpaired) electrons. The maximum Gasteiger partial charge on any atom is 0.262 e. The maximum atomic E-state index is 12.8. The van der Waals surface area contributed by atoms with Crippen LogP contribution >= 0.6 is 0 Å². The molecule has 0 saturated carbocycles. The topological polar surface area (TPSA) is 111 Å². The van der Waals surface area contributed by atoms with Crippen LogP contribution in [-0.2, 0) is 14.8 Å². The molecule has 1 aromatic heterocycles. The van der Waals surface area contributed by atoms with Crippen molar-refractivity contribution in [1.82, 2.24) is 5.16 Å².